The highest BCUT2D eigenvalue weighted by atomic mass is 19.4. The zero-order valence-corrected chi connectivity index (χ0v) is 23.0. The zero-order valence-electron chi connectivity index (χ0n) is 23.0. The van der Waals surface area contributed by atoms with Gasteiger partial charge in [-0.1, -0.05) is 19.6 Å². The van der Waals surface area contributed by atoms with Crippen molar-refractivity contribution < 1.29 is 23.1 Å². The minimum Gasteiger partial charge on any atom is -0.397 e. The Balaban J connectivity index is 1.91. The average molecular weight is 560 g/mol. The predicted octanol–water partition coefficient (Wildman–Crippen LogP) is 3.62. The first-order valence-electron chi connectivity index (χ1n) is 12.7. The highest BCUT2D eigenvalue weighted by Crippen LogP contribution is 2.28. The van der Waals surface area contributed by atoms with Crippen LogP contribution in [0.25, 0.3) is 5.70 Å². The lowest BCUT2D eigenvalue weighted by Crippen LogP contribution is -2.28. The molecule has 1 saturated heterocycles. The number of aliphatic hydroxyl groups excluding tert-OH is 1. The second kappa shape index (κ2) is 12.4. The molecule has 12 heteroatoms. The van der Waals surface area contributed by atoms with Crippen molar-refractivity contribution in [2.45, 2.75) is 39.5 Å². The van der Waals surface area contributed by atoms with Gasteiger partial charge >= 0.3 is 6.18 Å². The van der Waals surface area contributed by atoms with E-state index >= 15 is 0 Å². The first kappa shape index (κ1) is 30.5. The Labute approximate surface area is 231 Å². The lowest BCUT2D eigenvalue weighted by Gasteiger charge is -2.21. The summed E-state index contributed by atoms with van der Waals surface area (Å²) >= 11 is 0. The average Bonchev–Trinajstić information content (AvgIpc) is 3.46. The van der Waals surface area contributed by atoms with E-state index in [1.54, 1.807) is 41.9 Å². The number of aliphatic hydroxyl groups is 1. The van der Waals surface area contributed by atoms with Gasteiger partial charge in [0, 0.05) is 54.6 Å². The van der Waals surface area contributed by atoms with E-state index in [0.29, 0.717) is 42.2 Å². The van der Waals surface area contributed by atoms with Crippen molar-refractivity contribution in [3.05, 3.63) is 89.2 Å². The molecular formula is C28H36F3N7O2. The Morgan fingerprint density at radius 2 is 2.05 bits per heavy atom. The number of halogens is 3. The van der Waals surface area contributed by atoms with Gasteiger partial charge in [-0.3, -0.25) is 14.5 Å². The van der Waals surface area contributed by atoms with Crippen molar-refractivity contribution >= 4 is 17.3 Å². The van der Waals surface area contributed by atoms with Gasteiger partial charge in [-0.05, 0) is 56.2 Å². The maximum absolute atomic E-state index is 13.4. The number of nitrogens with two attached hydrogens (primary N) is 2. The number of likely N-dealkylation sites (tertiary alicyclic amines) is 1. The summed E-state index contributed by atoms with van der Waals surface area (Å²) < 4.78 is 41.9. The topological polar surface area (TPSA) is 126 Å². The summed E-state index contributed by atoms with van der Waals surface area (Å²) in [6.07, 6.45) is 2.45. The molecule has 0 spiro atoms. The molecular weight excluding hydrogens is 523 g/mol. The van der Waals surface area contributed by atoms with Gasteiger partial charge in [-0.2, -0.15) is 18.3 Å². The van der Waals surface area contributed by atoms with Gasteiger partial charge in [0.05, 0.1) is 29.6 Å². The van der Waals surface area contributed by atoms with E-state index in [-0.39, 0.29) is 11.3 Å². The van der Waals surface area contributed by atoms with Crippen molar-refractivity contribution in [3.63, 3.8) is 0 Å². The molecule has 0 radical (unpaired) electrons. The number of amides is 1. The predicted molar refractivity (Wildman–Crippen MR) is 149 cm³/mol. The number of anilines is 1. The Hall–Kier alpha value is -4.03. The summed E-state index contributed by atoms with van der Waals surface area (Å²) in [5.41, 5.74) is 9.98. The third kappa shape index (κ3) is 7.33. The molecule has 2 unspecified atom stereocenters. The Bertz CT molecular complexity index is 1340. The van der Waals surface area contributed by atoms with Crippen molar-refractivity contribution in [3.8, 4) is 0 Å². The first-order valence-corrected chi connectivity index (χ1v) is 12.7. The van der Waals surface area contributed by atoms with Gasteiger partial charge in [0.2, 0.25) is 0 Å². The molecule has 0 aliphatic carbocycles. The van der Waals surface area contributed by atoms with Crippen LogP contribution in [0.1, 0.15) is 40.5 Å². The molecule has 1 aromatic heterocycles. The number of aryl methyl sites for hydroxylation is 2. The van der Waals surface area contributed by atoms with E-state index in [4.69, 9.17) is 11.6 Å². The molecule has 2 heterocycles. The minimum absolute atomic E-state index is 0.0472. The van der Waals surface area contributed by atoms with E-state index in [0.717, 1.165) is 24.3 Å². The first-order chi connectivity index (χ1) is 18.7. The number of carbonyl (C=O) groups excluding carboxylic acids is 1. The Kier molecular flexibility index (Phi) is 9.48. The Morgan fingerprint density at radius 3 is 2.60 bits per heavy atom. The SMILES string of the molecule is C=C/C(=C\C(=C/C(C)C(F)(F)F)NC(=O)c1ccc(C)c(N(N)/C=C(\N)c2cnn(C)c2C)c1)N1CCC(O)C1. The van der Waals surface area contributed by atoms with Crippen LogP contribution in [0.15, 0.2) is 66.8 Å². The molecule has 6 N–H and O–H groups in total. The van der Waals surface area contributed by atoms with Crippen molar-refractivity contribution in [1.82, 2.24) is 20.0 Å². The second-order valence-electron chi connectivity index (χ2n) is 9.83. The molecule has 2 aromatic rings. The number of carbonyl (C=O) groups is 1. The van der Waals surface area contributed by atoms with Crippen LogP contribution in [0.3, 0.4) is 0 Å². The molecule has 1 amide bonds. The number of rotatable bonds is 9. The molecule has 216 valence electrons. The molecule has 1 aliphatic rings. The molecule has 0 saturated carbocycles. The zero-order chi connectivity index (χ0) is 29.8. The highest BCUT2D eigenvalue weighted by Gasteiger charge is 2.34. The number of hydrazine groups is 1. The maximum atomic E-state index is 13.4. The van der Waals surface area contributed by atoms with Crippen LogP contribution in [-0.2, 0) is 7.05 Å². The number of β-amino-alcohol motifs (C(OH)–C–C–N with tert-alkyl or cyclic N) is 1. The van der Waals surface area contributed by atoms with Crippen LogP contribution < -0.4 is 21.9 Å². The number of nitrogens with one attached hydrogen (secondary N) is 1. The monoisotopic (exact) mass is 559 g/mol. The smallest absolute Gasteiger partial charge is 0.394 e. The molecule has 1 aliphatic heterocycles. The number of nitrogens with zero attached hydrogens (tertiary/aromatic N) is 4. The summed E-state index contributed by atoms with van der Waals surface area (Å²) in [7, 11) is 1.79. The minimum atomic E-state index is -4.50. The van der Waals surface area contributed by atoms with Crippen LogP contribution in [0, 0.1) is 19.8 Å². The number of alkyl halides is 3. The van der Waals surface area contributed by atoms with Crippen molar-refractivity contribution in [1.29, 1.82) is 0 Å². The fourth-order valence-electron chi connectivity index (χ4n) is 4.21. The summed E-state index contributed by atoms with van der Waals surface area (Å²) in [5.74, 6) is 3.82. The number of hydrogen-bond acceptors (Lipinski definition) is 7. The van der Waals surface area contributed by atoms with Crippen LogP contribution in [-0.4, -0.2) is 51.1 Å². The highest BCUT2D eigenvalue weighted by molar-refractivity contribution is 5.96. The molecule has 1 aromatic carbocycles. The molecule has 2 atom stereocenters. The normalized spacial score (nSPS) is 17.7. The molecule has 0 bridgehead atoms. The lowest BCUT2D eigenvalue weighted by atomic mass is 10.1. The Morgan fingerprint density at radius 1 is 1.35 bits per heavy atom. The lowest BCUT2D eigenvalue weighted by molar-refractivity contribution is -0.156. The molecule has 1 fully saturated rings. The van der Waals surface area contributed by atoms with Gasteiger partial charge in [0.25, 0.3) is 5.91 Å². The van der Waals surface area contributed by atoms with Crippen LogP contribution in [0.4, 0.5) is 18.9 Å². The number of allylic oxidation sites excluding steroid dienone is 3. The maximum Gasteiger partial charge on any atom is 0.394 e. The number of hydrogen-bond donors (Lipinski definition) is 4. The van der Waals surface area contributed by atoms with Crippen LogP contribution >= 0.6 is 0 Å². The summed E-state index contributed by atoms with van der Waals surface area (Å²) in [5, 5.41) is 17.9. The fourth-order valence-corrected chi connectivity index (χ4v) is 4.21. The second-order valence-corrected chi connectivity index (χ2v) is 9.83. The quantitative estimate of drug-likeness (QED) is 0.210. The van der Waals surface area contributed by atoms with Gasteiger partial charge in [-0.15, -0.1) is 0 Å². The summed E-state index contributed by atoms with van der Waals surface area (Å²) in [4.78, 5) is 15.1. The fraction of sp³-hybridized carbons (Fsp3) is 0.357. The largest absolute Gasteiger partial charge is 0.397 e. The van der Waals surface area contributed by atoms with Crippen molar-refractivity contribution in [2.24, 2.45) is 24.5 Å². The van der Waals surface area contributed by atoms with E-state index in [2.05, 4.69) is 17.0 Å². The number of aromatic nitrogens is 2. The van der Waals surface area contributed by atoms with Gasteiger partial charge < -0.3 is 21.1 Å². The molecule has 9 nitrogen and oxygen atoms in total. The summed E-state index contributed by atoms with van der Waals surface area (Å²) in [6, 6.07) is 4.77. The third-order valence-corrected chi connectivity index (χ3v) is 6.82. The summed E-state index contributed by atoms with van der Waals surface area (Å²) in [6.45, 7) is 9.25. The van der Waals surface area contributed by atoms with E-state index in [1.165, 1.54) is 29.4 Å². The molecule has 40 heavy (non-hydrogen) atoms. The van der Waals surface area contributed by atoms with Crippen molar-refractivity contribution in [2.75, 3.05) is 18.1 Å². The van der Waals surface area contributed by atoms with E-state index < -0.39 is 24.1 Å². The third-order valence-electron chi connectivity index (χ3n) is 6.82. The van der Waals surface area contributed by atoms with Gasteiger partial charge in [0.15, 0.2) is 0 Å². The van der Waals surface area contributed by atoms with E-state index in [1.807, 2.05) is 6.92 Å². The van der Waals surface area contributed by atoms with Crippen LogP contribution in [0.5, 0.6) is 0 Å². The standard InChI is InChI=1S/C28H36F3N7O2/c1-6-22(37-10-9-23(39)15-37)13-21(11-18(3)28(29,30)31)35-27(40)20-8-7-17(2)26(12-20)38(33)16-25(32)24-14-34-36(5)19(24)4/h6-8,11-14,16,18,23,39H,1,9-10,15,32-33H2,2-5H3,(H,35,40)/b21-11+,22-13+,25-16-. The van der Waals surface area contributed by atoms with E-state index in [9.17, 15) is 23.1 Å². The van der Waals surface area contributed by atoms with Crippen LogP contribution in [0.2, 0.25) is 0 Å². The van der Waals surface area contributed by atoms with Gasteiger partial charge in [0.1, 0.15) is 0 Å². The van der Waals surface area contributed by atoms with Gasteiger partial charge in [-0.25, -0.2) is 5.84 Å². The number of benzene rings is 1. The molecule has 3 rings (SSSR count).